The quantitative estimate of drug-likeness (QED) is 0.547. The molecule has 178 valence electrons. The second-order valence-electron chi connectivity index (χ2n) is 9.81. The van der Waals surface area contributed by atoms with Crippen LogP contribution in [0.15, 0.2) is 0 Å². The number of rotatable bonds is 9. The fraction of sp³-hybridized carbons (Fsp3) is 0.917. The third-order valence-electron chi connectivity index (χ3n) is 7.29. The molecule has 0 unspecified atom stereocenters. The van der Waals surface area contributed by atoms with Crippen molar-refractivity contribution in [2.45, 2.75) is 77.2 Å². The first-order valence-electron chi connectivity index (χ1n) is 12.9. The molecule has 2 aliphatic heterocycles. The van der Waals surface area contributed by atoms with Crippen molar-refractivity contribution in [3.05, 3.63) is 0 Å². The lowest BCUT2D eigenvalue weighted by molar-refractivity contribution is -0.122. The summed E-state index contributed by atoms with van der Waals surface area (Å²) >= 11 is 0. The van der Waals surface area contributed by atoms with Crippen LogP contribution in [0.2, 0.25) is 0 Å². The van der Waals surface area contributed by atoms with E-state index in [2.05, 4.69) is 27.4 Å². The van der Waals surface area contributed by atoms with E-state index in [0.717, 1.165) is 71.4 Å². The number of nitrogens with one attached hydrogen (secondary N) is 2. The van der Waals surface area contributed by atoms with Crippen molar-refractivity contribution in [2.24, 2.45) is 5.92 Å². The van der Waals surface area contributed by atoms with Crippen molar-refractivity contribution < 1.29 is 9.59 Å². The lowest BCUT2D eigenvalue weighted by Crippen LogP contribution is -2.48. The molecule has 2 heterocycles. The Balaban J connectivity index is 1.21. The molecule has 7 heteroatoms. The third-order valence-corrected chi connectivity index (χ3v) is 7.29. The Hall–Kier alpha value is -1.34. The second kappa shape index (κ2) is 13.3. The maximum atomic E-state index is 12.5. The molecular weight excluding hydrogens is 390 g/mol. The Morgan fingerprint density at radius 2 is 1.48 bits per heavy atom. The summed E-state index contributed by atoms with van der Waals surface area (Å²) in [5.74, 6) is 0.586. The van der Waals surface area contributed by atoms with Gasteiger partial charge in [-0.3, -0.25) is 4.79 Å². The van der Waals surface area contributed by atoms with E-state index in [-0.39, 0.29) is 11.9 Å². The van der Waals surface area contributed by atoms with Crippen molar-refractivity contribution in [1.82, 2.24) is 25.3 Å². The molecule has 2 saturated heterocycles. The van der Waals surface area contributed by atoms with Gasteiger partial charge in [-0.1, -0.05) is 26.2 Å². The average Bonchev–Trinajstić information content (AvgIpc) is 2.79. The minimum Gasteiger partial charge on any atom is -0.356 e. The Bertz CT molecular complexity index is 536. The summed E-state index contributed by atoms with van der Waals surface area (Å²) in [5.41, 5.74) is 0. The summed E-state index contributed by atoms with van der Waals surface area (Å²) in [6, 6.07) is 0.468. The molecule has 2 N–H and O–H groups in total. The van der Waals surface area contributed by atoms with Gasteiger partial charge in [-0.2, -0.15) is 0 Å². The van der Waals surface area contributed by atoms with Crippen LogP contribution in [-0.4, -0.2) is 91.6 Å². The zero-order valence-corrected chi connectivity index (χ0v) is 19.7. The molecule has 0 aromatic rings. The van der Waals surface area contributed by atoms with Crippen LogP contribution in [0.1, 0.15) is 71.1 Å². The highest BCUT2D eigenvalue weighted by Gasteiger charge is 2.26. The molecule has 3 aliphatic rings. The van der Waals surface area contributed by atoms with Gasteiger partial charge in [0, 0.05) is 58.3 Å². The summed E-state index contributed by atoms with van der Waals surface area (Å²) in [5, 5.41) is 6.33. The fourth-order valence-electron chi connectivity index (χ4n) is 5.27. The van der Waals surface area contributed by atoms with Gasteiger partial charge >= 0.3 is 6.03 Å². The SMILES string of the molecule is CCCN1CCN(CCCNC(=O)CC2CCN(C(=O)NC3CCCCC3)CC2)CC1. The summed E-state index contributed by atoms with van der Waals surface area (Å²) in [6.07, 6.45) is 10.8. The number of urea groups is 1. The van der Waals surface area contributed by atoms with Crippen LogP contribution in [0.3, 0.4) is 0 Å². The Labute approximate surface area is 189 Å². The smallest absolute Gasteiger partial charge is 0.317 e. The lowest BCUT2D eigenvalue weighted by Gasteiger charge is -2.34. The lowest BCUT2D eigenvalue weighted by atomic mass is 9.93. The molecule has 3 amide bonds. The highest BCUT2D eigenvalue weighted by molar-refractivity contribution is 5.76. The molecule has 7 nitrogen and oxygen atoms in total. The molecule has 0 bridgehead atoms. The molecular formula is C24H45N5O2. The van der Waals surface area contributed by atoms with Crippen molar-refractivity contribution in [3.8, 4) is 0 Å². The zero-order valence-electron chi connectivity index (χ0n) is 19.7. The van der Waals surface area contributed by atoms with Crippen LogP contribution in [0.25, 0.3) is 0 Å². The predicted molar refractivity (Wildman–Crippen MR) is 125 cm³/mol. The first-order chi connectivity index (χ1) is 15.1. The van der Waals surface area contributed by atoms with E-state index in [0.29, 0.717) is 18.4 Å². The van der Waals surface area contributed by atoms with E-state index in [9.17, 15) is 9.59 Å². The van der Waals surface area contributed by atoms with Gasteiger partial charge in [0.05, 0.1) is 0 Å². The van der Waals surface area contributed by atoms with Gasteiger partial charge in [0.2, 0.25) is 5.91 Å². The molecule has 0 radical (unpaired) electrons. The molecule has 31 heavy (non-hydrogen) atoms. The van der Waals surface area contributed by atoms with Gasteiger partial charge in [-0.05, 0) is 57.5 Å². The van der Waals surface area contributed by atoms with Crippen LogP contribution in [0, 0.1) is 5.92 Å². The minimum atomic E-state index is 0.102. The fourth-order valence-corrected chi connectivity index (χ4v) is 5.27. The summed E-state index contributed by atoms with van der Waals surface area (Å²) in [4.78, 5) is 31.8. The molecule has 1 saturated carbocycles. The van der Waals surface area contributed by atoms with Crippen LogP contribution in [0.5, 0.6) is 0 Å². The molecule has 0 aromatic heterocycles. The number of hydrogen-bond donors (Lipinski definition) is 2. The number of amides is 3. The third kappa shape index (κ3) is 8.60. The largest absolute Gasteiger partial charge is 0.356 e. The number of hydrogen-bond acceptors (Lipinski definition) is 4. The number of piperazine rings is 1. The van der Waals surface area contributed by atoms with Crippen LogP contribution >= 0.6 is 0 Å². The first-order valence-corrected chi connectivity index (χ1v) is 12.9. The Kier molecular flexibility index (Phi) is 10.4. The van der Waals surface area contributed by atoms with Crippen LogP contribution in [-0.2, 0) is 4.79 Å². The maximum absolute atomic E-state index is 12.5. The number of nitrogens with zero attached hydrogens (tertiary/aromatic N) is 3. The Morgan fingerprint density at radius 1 is 0.839 bits per heavy atom. The summed E-state index contributed by atoms with van der Waals surface area (Å²) in [6.45, 7) is 11.5. The van der Waals surface area contributed by atoms with E-state index < -0.39 is 0 Å². The highest BCUT2D eigenvalue weighted by atomic mass is 16.2. The van der Waals surface area contributed by atoms with Gasteiger partial charge in [0.1, 0.15) is 0 Å². The average molecular weight is 436 g/mol. The molecule has 3 fully saturated rings. The van der Waals surface area contributed by atoms with E-state index in [1.807, 2.05) is 4.90 Å². The van der Waals surface area contributed by atoms with Crippen molar-refractivity contribution in [2.75, 3.05) is 58.9 Å². The van der Waals surface area contributed by atoms with Crippen LogP contribution < -0.4 is 10.6 Å². The van der Waals surface area contributed by atoms with Gasteiger partial charge < -0.3 is 25.3 Å². The van der Waals surface area contributed by atoms with Crippen LogP contribution in [0.4, 0.5) is 4.79 Å². The topological polar surface area (TPSA) is 67.9 Å². The van der Waals surface area contributed by atoms with Crippen molar-refractivity contribution in [1.29, 1.82) is 0 Å². The number of likely N-dealkylation sites (tertiary alicyclic amines) is 1. The molecule has 1 aliphatic carbocycles. The van der Waals surface area contributed by atoms with E-state index >= 15 is 0 Å². The zero-order chi connectivity index (χ0) is 21.9. The van der Waals surface area contributed by atoms with E-state index in [4.69, 9.17) is 0 Å². The first kappa shape index (κ1) is 24.3. The van der Waals surface area contributed by atoms with E-state index in [1.54, 1.807) is 0 Å². The summed E-state index contributed by atoms with van der Waals surface area (Å²) < 4.78 is 0. The molecule has 3 rings (SSSR count). The second-order valence-corrected chi connectivity index (χ2v) is 9.81. The summed E-state index contributed by atoms with van der Waals surface area (Å²) in [7, 11) is 0. The standard InChI is InChI=1S/C24H45N5O2/c1-2-12-27-16-18-28(19-17-27)13-6-11-25-23(30)20-21-9-14-29(15-10-21)24(31)26-22-7-4-3-5-8-22/h21-22H,2-20H2,1H3,(H,25,30)(H,26,31). The maximum Gasteiger partial charge on any atom is 0.317 e. The molecule has 0 atom stereocenters. The van der Waals surface area contributed by atoms with Crippen molar-refractivity contribution in [3.63, 3.8) is 0 Å². The predicted octanol–water partition coefficient (Wildman–Crippen LogP) is 2.66. The molecule has 0 aromatic carbocycles. The number of piperidine rings is 1. The molecule has 0 spiro atoms. The number of carbonyl (C=O) groups is 2. The van der Waals surface area contributed by atoms with Gasteiger partial charge in [-0.25, -0.2) is 4.79 Å². The van der Waals surface area contributed by atoms with Gasteiger partial charge in [0.15, 0.2) is 0 Å². The minimum absolute atomic E-state index is 0.102. The van der Waals surface area contributed by atoms with Gasteiger partial charge in [-0.15, -0.1) is 0 Å². The number of carbonyl (C=O) groups excluding carboxylic acids is 2. The van der Waals surface area contributed by atoms with Crippen molar-refractivity contribution >= 4 is 11.9 Å². The monoisotopic (exact) mass is 435 g/mol. The van der Waals surface area contributed by atoms with Gasteiger partial charge in [0.25, 0.3) is 0 Å². The normalized spacial score (nSPS) is 22.4. The van der Waals surface area contributed by atoms with E-state index in [1.165, 1.54) is 45.3 Å². The Morgan fingerprint density at radius 3 is 2.13 bits per heavy atom. The highest BCUT2D eigenvalue weighted by Crippen LogP contribution is 2.22.